The number of hydrogen-bond donors (Lipinski definition) is 1. The highest BCUT2D eigenvalue weighted by Gasteiger charge is 2.70. The fourth-order valence-electron chi connectivity index (χ4n) is 6.41. The van der Waals surface area contributed by atoms with Gasteiger partial charge in [-0.2, -0.15) is 17.2 Å². The number of fused-ring (bicyclic) bond motifs is 1. The van der Waals surface area contributed by atoms with Gasteiger partial charge in [0.25, 0.3) is 0 Å². The summed E-state index contributed by atoms with van der Waals surface area (Å²) < 4.78 is 82.9. The first-order chi connectivity index (χ1) is 18.0. The average Bonchev–Trinajstić information content (AvgIpc) is 3.57. The second kappa shape index (κ2) is 10.5. The third kappa shape index (κ3) is 5.62. The molecule has 4 aliphatic rings. The minimum absolute atomic E-state index is 0.211. The lowest BCUT2D eigenvalue weighted by Crippen LogP contribution is -2.46. The fraction of sp³-hybridized carbons (Fsp3) is 0.833. The molecule has 0 aromatic rings. The van der Waals surface area contributed by atoms with Crippen molar-refractivity contribution in [3.05, 3.63) is 0 Å². The zero-order valence-corrected chi connectivity index (χ0v) is 22.5. The molecule has 1 heterocycles. The van der Waals surface area contributed by atoms with Crippen LogP contribution in [0.5, 0.6) is 0 Å². The maximum atomic E-state index is 13.5. The van der Waals surface area contributed by atoms with Gasteiger partial charge in [0.05, 0.1) is 11.8 Å². The molecule has 2 bridgehead atoms. The summed E-state index contributed by atoms with van der Waals surface area (Å²) in [4.78, 5) is 50.0. The van der Waals surface area contributed by atoms with E-state index in [0.717, 1.165) is 25.7 Å². The van der Waals surface area contributed by atoms with E-state index in [1.54, 1.807) is 0 Å². The molecule has 0 aromatic heterocycles. The van der Waals surface area contributed by atoms with Crippen LogP contribution in [0.4, 0.5) is 8.78 Å². The minimum Gasteiger partial charge on any atom is -0.459 e. The Balaban J connectivity index is 1.31. The Bertz CT molecular complexity index is 1120. The molecule has 3 aliphatic carbocycles. The van der Waals surface area contributed by atoms with Crippen molar-refractivity contribution in [2.24, 2.45) is 29.6 Å². The van der Waals surface area contributed by atoms with Crippen LogP contribution >= 0.6 is 0 Å². The largest absolute Gasteiger partial charge is 0.459 e. The molecule has 0 amide bonds. The fourth-order valence-corrected chi connectivity index (χ4v) is 6.88. The summed E-state index contributed by atoms with van der Waals surface area (Å²) in [5.74, 6) is -5.57. The first-order valence-electron chi connectivity index (χ1n) is 12.8. The smallest absolute Gasteiger partial charge is 0.405 e. The molecule has 7 atom stereocenters. The maximum absolute atomic E-state index is 13.5. The van der Waals surface area contributed by atoms with Crippen molar-refractivity contribution in [1.29, 1.82) is 0 Å². The molecule has 3 saturated carbocycles. The van der Waals surface area contributed by atoms with Crippen molar-refractivity contribution < 1.29 is 64.6 Å². The summed E-state index contributed by atoms with van der Waals surface area (Å²) in [5, 5.41) is -4.75. The van der Waals surface area contributed by atoms with Crippen molar-refractivity contribution >= 4 is 34.0 Å². The minimum atomic E-state index is -5.83. The van der Waals surface area contributed by atoms with E-state index in [1.807, 2.05) is 13.8 Å². The zero-order valence-electron chi connectivity index (χ0n) is 21.7. The van der Waals surface area contributed by atoms with Crippen LogP contribution < -0.4 is 0 Å². The molecule has 4 rings (SSSR count). The standard InChI is InChI=1S/C24H32F2O12S/c1-11(24(25,26)39(31,32)33)35-15(27)9-34-10-16(28)36-19-14-8-13-17(21(29)37-20(13)19)18(14)22(30)38-23(2,3)12-6-4-5-7-12/h11-14,17-20H,4-10H2,1-3H3,(H,31,32,33). The Kier molecular flexibility index (Phi) is 8.00. The number of carbonyl (C=O) groups excluding carboxylic acids is 4. The number of rotatable bonds is 11. The number of halogens is 2. The van der Waals surface area contributed by atoms with Crippen LogP contribution in [-0.2, 0) is 53.0 Å². The van der Waals surface area contributed by atoms with Gasteiger partial charge in [-0.1, -0.05) is 12.8 Å². The first-order valence-corrected chi connectivity index (χ1v) is 14.2. The van der Waals surface area contributed by atoms with Gasteiger partial charge in [-0.25, -0.2) is 9.59 Å². The third-order valence-electron chi connectivity index (χ3n) is 8.35. The van der Waals surface area contributed by atoms with Gasteiger partial charge in [0.15, 0.2) is 6.10 Å². The molecule has 39 heavy (non-hydrogen) atoms. The molecular formula is C24H32F2O12S. The molecule has 0 radical (unpaired) electrons. The molecule has 7 unspecified atom stereocenters. The molecule has 1 saturated heterocycles. The number of ether oxygens (including phenoxy) is 5. The van der Waals surface area contributed by atoms with E-state index in [1.165, 1.54) is 0 Å². The van der Waals surface area contributed by atoms with Crippen LogP contribution in [0, 0.1) is 29.6 Å². The lowest BCUT2D eigenvalue weighted by atomic mass is 9.78. The predicted octanol–water partition coefficient (Wildman–Crippen LogP) is 1.65. The van der Waals surface area contributed by atoms with Crippen LogP contribution in [0.25, 0.3) is 0 Å². The average molecular weight is 583 g/mol. The van der Waals surface area contributed by atoms with Gasteiger partial charge in [0.1, 0.15) is 31.0 Å². The number of alkyl halides is 2. The van der Waals surface area contributed by atoms with Crippen molar-refractivity contribution in [1.82, 2.24) is 0 Å². The van der Waals surface area contributed by atoms with Gasteiger partial charge >= 0.3 is 39.2 Å². The van der Waals surface area contributed by atoms with Gasteiger partial charge in [0, 0.05) is 11.8 Å². The van der Waals surface area contributed by atoms with Gasteiger partial charge < -0.3 is 23.7 Å². The van der Waals surface area contributed by atoms with Crippen molar-refractivity contribution in [3.8, 4) is 0 Å². The van der Waals surface area contributed by atoms with E-state index in [9.17, 15) is 36.4 Å². The summed E-state index contributed by atoms with van der Waals surface area (Å²) in [6.07, 6.45) is 0.258. The van der Waals surface area contributed by atoms with Crippen molar-refractivity contribution in [3.63, 3.8) is 0 Å². The van der Waals surface area contributed by atoms with Crippen LogP contribution in [0.2, 0.25) is 0 Å². The lowest BCUT2D eigenvalue weighted by molar-refractivity contribution is -0.179. The molecule has 12 nitrogen and oxygen atoms in total. The second-order valence-electron chi connectivity index (χ2n) is 11.1. The van der Waals surface area contributed by atoms with E-state index >= 15 is 0 Å². The van der Waals surface area contributed by atoms with Crippen LogP contribution in [-0.4, -0.2) is 79.2 Å². The van der Waals surface area contributed by atoms with Crippen LogP contribution in [0.15, 0.2) is 0 Å². The van der Waals surface area contributed by atoms with Gasteiger partial charge in [-0.15, -0.1) is 0 Å². The first kappa shape index (κ1) is 29.6. The summed E-state index contributed by atoms with van der Waals surface area (Å²) in [7, 11) is -5.83. The van der Waals surface area contributed by atoms with Crippen LogP contribution in [0.1, 0.15) is 52.9 Å². The highest BCUT2D eigenvalue weighted by Crippen LogP contribution is 2.59. The highest BCUT2D eigenvalue weighted by molar-refractivity contribution is 7.86. The Morgan fingerprint density at radius 2 is 1.72 bits per heavy atom. The molecule has 4 fully saturated rings. The lowest BCUT2D eigenvalue weighted by Gasteiger charge is -2.35. The molecule has 0 spiro atoms. The molecule has 1 aliphatic heterocycles. The maximum Gasteiger partial charge on any atom is 0.405 e. The van der Waals surface area contributed by atoms with E-state index in [2.05, 4.69) is 4.74 Å². The van der Waals surface area contributed by atoms with Gasteiger partial charge in [-0.05, 0) is 46.0 Å². The Morgan fingerprint density at radius 3 is 2.33 bits per heavy atom. The summed E-state index contributed by atoms with van der Waals surface area (Å²) in [5.41, 5.74) is -0.714. The Morgan fingerprint density at radius 1 is 1.10 bits per heavy atom. The highest BCUT2D eigenvalue weighted by atomic mass is 32.2. The van der Waals surface area contributed by atoms with Gasteiger partial charge in [-0.3, -0.25) is 14.1 Å². The molecular weight excluding hydrogens is 550 g/mol. The van der Waals surface area contributed by atoms with E-state index in [0.29, 0.717) is 13.3 Å². The molecule has 1 N–H and O–H groups in total. The Labute approximate surface area is 223 Å². The predicted molar refractivity (Wildman–Crippen MR) is 123 cm³/mol. The normalized spacial score (nSPS) is 31.2. The number of hydrogen-bond acceptors (Lipinski definition) is 11. The van der Waals surface area contributed by atoms with Crippen LogP contribution in [0.3, 0.4) is 0 Å². The van der Waals surface area contributed by atoms with E-state index < -0.39 is 94.1 Å². The number of esters is 4. The van der Waals surface area contributed by atoms with E-state index in [4.69, 9.17) is 23.5 Å². The van der Waals surface area contributed by atoms with Crippen molar-refractivity contribution in [2.75, 3.05) is 13.2 Å². The summed E-state index contributed by atoms with van der Waals surface area (Å²) >= 11 is 0. The van der Waals surface area contributed by atoms with E-state index in [-0.39, 0.29) is 11.8 Å². The second-order valence-corrected chi connectivity index (χ2v) is 12.6. The topological polar surface area (TPSA) is 169 Å². The third-order valence-corrected chi connectivity index (χ3v) is 9.37. The molecule has 15 heteroatoms. The summed E-state index contributed by atoms with van der Waals surface area (Å²) in [6, 6.07) is 0. The number of carbonyl (C=O) groups is 4. The summed E-state index contributed by atoms with van der Waals surface area (Å²) in [6.45, 7) is 2.47. The monoisotopic (exact) mass is 582 g/mol. The molecule has 220 valence electrons. The SMILES string of the molecule is CC(OC(=O)COCC(=O)OC1C2CC3C1OC(=O)C3C2C(=O)OC(C)(C)C1CCCC1)C(F)(F)S(=O)(=O)O. The zero-order chi connectivity index (χ0) is 28.9. The van der Waals surface area contributed by atoms with Crippen molar-refractivity contribution in [2.45, 2.75) is 82.0 Å². The Hall–Kier alpha value is -2.39. The van der Waals surface area contributed by atoms with Gasteiger partial charge in [0.2, 0.25) is 0 Å². The molecule has 0 aromatic carbocycles. The quantitative estimate of drug-likeness (QED) is 0.213.